The number of carbonyl (C=O) groups is 1. The van der Waals surface area contributed by atoms with E-state index in [-0.39, 0.29) is 24.3 Å². The second-order valence-corrected chi connectivity index (χ2v) is 9.14. The van der Waals surface area contributed by atoms with E-state index in [0.29, 0.717) is 30.6 Å². The number of rotatable bonds is 6. The maximum absolute atomic E-state index is 13.5. The van der Waals surface area contributed by atoms with Crippen LogP contribution >= 0.6 is 34.5 Å². The second-order valence-electron chi connectivity index (χ2n) is 7.29. The first-order chi connectivity index (χ1) is 15.9. The van der Waals surface area contributed by atoms with Gasteiger partial charge in [-0.15, -0.1) is 0 Å². The van der Waals surface area contributed by atoms with Crippen molar-refractivity contribution in [3.05, 3.63) is 101 Å². The van der Waals surface area contributed by atoms with Crippen molar-refractivity contribution < 1.29 is 14.3 Å². The quantitative estimate of drug-likeness (QED) is 0.380. The average molecular weight is 503 g/mol. The smallest absolute Gasteiger partial charge is 0.338 e. The molecule has 0 amide bonds. The number of halogens is 2. The number of hydrogen-bond acceptors (Lipinski definition) is 6. The summed E-state index contributed by atoms with van der Waals surface area (Å²) in [6.07, 6.45) is 1.76. The lowest BCUT2D eigenvalue weighted by atomic mass is 9.96. The highest BCUT2D eigenvalue weighted by Gasteiger charge is 2.34. The fourth-order valence-corrected chi connectivity index (χ4v) is 5.10. The molecule has 2 heterocycles. The summed E-state index contributed by atoms with van der Waals surface area (Å²) in [4.78, 5) is 31.6. The Morgan fingerprint density at radius 2 is 1.97 bits per heavy atom. The summed E-state index contributed by atoms with van der Waals surface area (Å²) in [5, 5.41) is 1.01. The molecule has 2 aromatic carbocycles. The number of fused-ring (bicyclic) bond motifs is 1. The first-order valence-electron chi connectivity index (χ1n) is 10.1. The molecule has 0 N–H and O–H groups in total. The Kier molecular flexibility index (Phi) is 7.14. The fraction of sp³-hybridized carbons (Fsp3) is 0.208. The van der Waals surface area contributed by atoms with Gasteiger partial charge in [-0.1, -0.05) is 64.9 Å². The molecule has 0 aliphatic carbocycles. The van der Waals surface area contributed by atoms with E-state index >= 15 is 0 Å². The minimum Gasteiger partial charge on any atom is -0.460 e. The summed E-state index contributed by atoms with van der Waals surface area (Å²) in [6, 6.07) is 13.6. The lowest BCUT2D eigenvalue weighted by Crippen LogP contribution is -2.40. The summed E-state index contributed by atoms with van der Waals surface area (Å²) in [7, 11) is 1.52. The van der Waals surface area contributed by atoms with Crippen molar-refractivity contribution in [2.45, 2.75) is 13.0 Å². The summed E-state index contributed by atoms with van der Waals surface area (Å²) >= 11 is 13.9. The number of carbonyl (C=O) groups excluding carboxylic acids is 1. The molecule has 0 unspecified atom stereocenters. The molecule has 0 saturated carbocycles. The van der Waals surface area contributed by atoms with Crippen LogP contribution in [0.15, 0.2) is 69.6 Å². The zero-order chi connectivity index (χ0) is 23.5. The lowest BCUT2D eigenvalue weighted by molar-refractivity contribution is -0.140. The molecule has 1 aromatic heterocycles. The van der Waals surface area contributed by atoms with Gasteiger partial charge < -0.3 is 9.47 Å². The van der Waals surface area contributed by atoms with E-state index in [4.69, 9.17) is 32.7 Å². The molecule has 33 heavy (non-hydrogen) atoms. The number of hydrogen-bond donors (Lipinski definition) is 0. The van der Waals surface area contributed by atoms with Gasteiger partial charge in [0.05, 0.1) is 22.4 Å². The van der Waals surface area contributed by atoms with Gasteiger partial charge in [0.2, 0.25) is 0 Å². The molecule has 0 bridgehead atoms. The van der Waals surface area contributed by atoms with Crippen molar-refractivity contribution >= 4 is 46.6 Å². The Labute approximate surface area is 204 Å². The Morgan fingerprint density at radius 3 is 2.70 bits per heavy atom. The number of methoxy groups -OCH3 is 1. The first-order valence-corrected chi connectivity index (χ1v) is 11.7. The summed E-state index contributed by atoms with van der Waals surface area (Å²) in [6.45, 7) is 2.07. The zero-order valence-electron chi connectivity index (χ0n) is 17.9. The van der Waals surface area contributed by atoms with Crippen LogP contribution in [-0.2, 0) is 14.3 Å². The van der Waals surface area contributed by atoms with E-state index < -0.39 is 12.0 Å². The van der Waals surface area contributed by atoms with Crippen LogP contribution < -0.4 is 14.9 Å². The van der Waals surface area contributed by atoms with E-state index in [1.165, 1.54) is 23.0 Å². The molecule has 9 heteroatoms. The Balaban J connectivity index is 1.91. The van der Waals surface area contributed by atoms with E-state index in [1.807, 2.05) is 18.2 Å². The second kappa shape index (κ2) is 10.1. The maximum atomic E-state index is 13.5. The summed E-state index contributed by atoms with van der Waals surface area (Å²) < 4.78 is 12.3. The van der Waals surface area contributed by atoms with E-state index in [1.54, 1.807) is 43.3 Å². The molecule has 0 fully saturated rings. The van der Waals surface area contributed by atoms with Crippen LogP contribution in [0.3, 0.4) is 0 Å². The molecular weight excluding hydrogens is 483 g/mol. The molecule has 0 spiro atoms. The highest BCUT2D eigenvalue weighted by Crippen LogP contribution is 2.34. The minimum absolute atomic E-state index is 0.0839. The number of thiazole rings is 1. The molecule has 4 rings (SSSR count). The van der Waals surface area contributed by atoms with E-state index in [9.17, 15) is 9.59 Å². The molecule has 1 atom stereocenters. The van der Waals surface area contributed by atoms with Gasteiger partial charge in [-0.3, -0.25) is 9.36 Å². The van der Waals surface area contributed by atoms with Crippen LogP contribution in [0, 0.1) is 0 Å². The third-order valence-corrected chi connectivity index (χ3v) is 6.67. The van der Waals surface area contributed by atoms with Crippen molar-refractivity contribution in [3.63, 3.8) is 0 Å². The minimum atomic E-state index is -0.772. The molecule has 0 saturated heterocycles. The summed E-state index contributed by atoms with van der Waals surface area (Å²) in [5.41, 5.74) is 1.86. The number of benzene rings is 2. The number of ether oxygens (including phenoxy) is 2. The predicted molar refractivity (Wildman–Crippen MR) is 130 cm³/mol. The van der Waals surface area contributed by atoms with Gasteiger partial charge in [0.15, 0.2) is 4.80 Å². The van der Waals surface area contributed by atoms with Crippen molar-refractivity contribution in [2.24, 2.45) is 4.99 Å². The maximum Gasteiger partial charge on any atom is 0.338 e. The van der Waals surface area contributed by atoms with Crippen LogP contribution in [0.4, 0.5) is 0 Å². The summed E-state index contributed by atoms with van der Waals surface area (Å²) in [5.74, 6) is -0.567. The van der Waals surface area contributed by atoms with Gasteiger partial charge >= 0.3 is 5.97 Å². The average Bonchev–Trinajstić information content (AvgIpc) is 3.08. The number of aromatic nitrogens is 1. The number of esters is 1. The normalized spacial score (nSPS) is 15.9. The topological polar surface area (TPSA) is 69.9 Å². The monoisotopic (exact) mass is 502 g/mol. The van der Waals surface area contributed by atoms with Gasteiger partial charge in [-0.25, -0.2) is 9.79 Å². The number of allylic oxidation sites excluding steroid dienone is 1. The molecule has 3 aromatic rings. The van der Waals surface area contributed by atoms with Gasteiger partial charge in [0.25, 0.3) is 5.56 Å². The molecule has 1 aliphatic heterocycles. The number of nitrogens with zero attached hydrogens (tertiary/aromatic N) is 2. The Morgan fingerprint density at radius 1 is 1.18 bits per heavy atom. The van der Waals surface area contributed by atoms with Crippen LogP contribution in [0.1, 0.15) is 24.1 Å². The van der Waals surface area contributed by atoms with E-state index in [2.05, 4.69) is 4.99 Å². The van der Waals surface area contributed by atoms with Gasteiger partial charge in [-0.05, 0) is 42.3 Å². The molecule has 6 nitrogen and oxygen atoms in total. The Hall–Kier alpha value is -2.71. The Bertz CT molecular complexity index is 1420. The molecular formula is C24H20Cl2N2O4S. The van der Waals surface area contributed by atoms with Crippen LogP contribution in [0.5, 0.6) is 0 Å². The van der Waals surface area contributed by atoms with Crippen LogP contribution in [-0.4, -0.2) is 30.9 Å². The zero-order valence-corrected chi connectivity index (χ0v) is 20.2. The highest BCUT2D eigenvalue weighted by atomic mass is 35.5. The molecule has 1 aliphatic rings. The fourth-order valence-electron chi connectivity index (χ4n) is 3.62. The predicted octanol–water partition coefficient (Wildman–Crippen LogP) is 3.73. The third-order valence-electron chi connectivity index (χ3n) is 5.11. The van der Waals surface area contributed by atoms with Crippen molar-refractivity contribution in [1.82, 2.24) is 4.57 Å². The van der Waals surface area contributed by atoms with E-state index in [0.717, 1.165) is 5.56 Å². The SMILES string of the molecule is COCCOC(=O)C1=C(C)N=c2s/c(=C/c3cccc(Cl)c3)c(=O)n2[C@H]1c1ccccc1Cl. The molecule has 0 radical (unpaired) electrons. The largest absolute Gasteiger partial charge is 0.460 e. The van der Waals surface area contributed by atoms with Gasteiger partial charge in [-0.2, -0.15) is 0 Å². The highest BCUT2D eigenvalue weighted by molar-refractivity contribution is 7.07. The van der Waals surface area contributed by atoms with Crippen molar-refractivity contribution in [3.8, 4) is 0 Å². The van der Waals surface area contributed by atoms with Gasteiger partial charge in [0.1, 0.15) is 12.6 Å². The van der Waals surface area contributed by atoms with Crippen molar-refractivity contribution in [1.29, 1.82) is 0 Å². The van der Waals surface area contributed by atoms with Gasteiger partial charge in [0, 0.05) is 17.2 Å². The van der Waals surface area contributed by atoms with Crippen molar-refractivity contribution in [2.75, 3.05) is 20.3 Å². The third kappa shape index (κ3) is 4.82. The van der Waals surface area contributed by atoms with Crippen LogP contribution in [0.2, 0.25) is 10.0 Å². The lowest BCUT2D eigenvalue weighted by Gasteiger charge is -2.25. The first kappa shape index (κ1) is 23.4. The van der Waals surface area contributed by atoms with Crippen LogP contribution in [0.25, 0.3) is 6.08 Å². The standard InChI is InChI=1S/C24H20Cl2N2O4S/c1-14-20(23(30)32-11-10-31-2)21(17-8-3-4-9-18(17)26)28-22(29)19(33-24(28)27-14)13-15-6-5-7-16(25)12-15/h3-9,12-13,21H,10-11H2,1-2H3/b19-13+/t21-/m0/s1. The molecule has 170 valence electrons.